The molecule has 0 spiro atoms. The Labute approximate surface area is 131 Å². The van der Waals surface area contributed by atoms with E-state index in [4.69, 9.17) is 5.84 Å². The largest absolute Gasteiger partial charge is 0.481 e. The highest BCUT2D eigenvalue weighted by atomic mass is 16.4. The monoisotopic (exact) mass is 312 g/mol. The van der Waals surface area contributed by atoms with Gasteiger partial charge in [0.1, 0.15) is 6.34 Å². The summed E-state index contributed by atoms with van der Waals surface area (Å²) < 4.78 is 0. The summed E-state index contributed by atoms with van der Waals surface area (Å²) >= 11 is 0. The summed E-state index contributed by atoms with van der Waals surface area (Å²) in [5, 5.41) is 18.8. The van der Waals surface area contributed by atoms with Crippen molar-refractivity contribution in [3.63, 3.8) is 0 Å². The quantitative estimate of drug-likeness (QED) is 0.220. The molecule has 1 aliphatic rings. The van der Waals surface area contributed by atoms with Gasteiger partial charge in [0.25, 0.3) is 0 Å². The van der Waals surface area contributed by atoms with Gasteiger partial charge in [0, 0.05) is 19.5 Å². The lowest BCUT2D eigenvalue weighted by Gasteiger charge is -2.26. The van der Waals surface area contributed by atoms with Crippen LogP contribution in [0.25, 0.3) is 0 Å². The SMILES string of the molecule is CC(=O)NCC[C@H](C)CCC1(C(=O)O)CCC(NC=NN)C1. The zero-order chi connectivity index (χ0) is 16.6. The Kier molecular flexibility index (Phi) is 7.14. The number of nitrogens with two attached hydrogens (primary N) is 1. The number of carbonyl (C=O) groups excluding carboxylic acids is 1. The molecular weight excluding hydrogens is 284 g/mol. The van der Waals surface area contributed by atoms with Crippen molar-refractivity contribution in [2.45, 2.75) is 58.4 Å². The summed E-state index contributed by atoms with van der Waals surface area (Å²) in [7, 11) is 0. The molecule has 0 aliphatic heterocycles. The Hall–Kier alpha value is -1.79. The minimum Gasteiger partial charge on any atom is -0.481 e. The number of hydrazone groups is 1. The van der Waals surface area contributed by atoms with Gasteiger partial charge in [0.05, 0.1) is 5.41 Å². The van der Waals surface area contributed by atoms with Crippen molar-refractivity contribution in [3.8, 4) is 0 Å². The lowest BCUT2D eigenvalue weighted by atomic mass is 9.79. The van der Waals surface area contributed by atoms with Gasteiger partial charge in [-0.15, -0.1) is 0 Å². The Balaban J connectivity index is 2.45. The van der Waals surface area contributed by atoms with Gasteiger partial charge in [-0.3, -0.25) is 9.59 Å². The molecule has 126 valence electrons. The first-order valence-electron chi connectivity index (χ1n) is 7.85. The van der Waals surface area contributed by atoms with Gasteiger partial charge < -0.3 is 21.6 Å². The second-order valence-electron chi connectivity index (χ2n) is 6.39. The van der Waals surface area contributed by atoms with Gasteiger partial charge >= 0.3 is 5.97 Å². The summed E-state index contributed by atoms with van der Waals surface area (Å²) in [6.07, 6.45) is 5.92. The lowest BCUT2D eigenvalue weighted by Crippen LogP contribution is -2.33. The average molecular weight is 312 g/mol. The van der Waals surface area contributed by atoms with E-state index in [1.54, 1.807) is 0 Å². The summed E-state index contributed by atoms with van der Waals surface area (Å²) in [4.78, 5) is 22.6. The maximum Gasteiger partial charge on any atom is 0.309 e. The predicted molar refractivity (Wildman–Crippen MR) is 85.2 cm³/mol. The van der Waals surface area contributed by atoms with Crippen molar-refractivity contribution in [2.75, 3.05) is 6.54 Å². The van der Waals surface area contributed by atoms with Crippen LogP contribution in [0.3, 0.4) is 0 Å². The van der Waals surface area contributed by atoms with Gasteiger partial charge in [-0.2, -0.15) is 5.10 Å². The number of hydrogen-bond donors (Lipinski definition) is 4. The van der Waals surface area contributed by atoms with Gasteiger partial charge in [0.15, 0.2) is 0 Å². The van der Waals surface area contributed by atoms with Gasteiger partial charge in [-0.25, -0.2) is 0 Å². The van der Waals surface area contributed by atoms with Crippen molar-refractivity contribution in [1.82, 2.24) is 10.6 Å². The fraction of sp³-hybridized carbons (Fsp3) is 0.800. The molecule has 1 saturated carbocycles. The Morgan fingerprint density at radius 3 is 2.82 bits per heavy atom. The van der Waals surface area contributed by atoms with E-state index >= 15 is 0 Å². The normalized spacial score (nSPS) is 26.0. The first-order valence-corrected chi connectivity index (χ1v) is 7.85. The molecule has 0 aromatic heterocycles. The molecule has 2 unspecified atom stereocenters. The van der Waals surface area contributed by atoms with Crippen molar-refractivity contribution >= 4 is 18.2 Å². The number of carboxylic acid groups (broad SMARTS) is 1. The third-order valence-corrected chi connectivity index (χ3v) is 4.57. The summed E-state index contributed by atoms with van der Waals surface area (Å²) in [6.45, 7) is 4.25. The lowest BCUT2D eigenvalue weighted by molar-refractivity contribution is -0.149. The van der Waals surface area contributed by atoms with Crippen LogP contribution in [0.1, 0.15) is 52.4 Å². The second-order valence-corrected chi connectivity index (χ2v) is 6.39. The fourth-order valence-corrected chi connectivity index (χ4v) is 3.11. The third-order valence-electron chi connectivity index (χ3n) is 4.57. The van der Waals surface area contributed by atoms with Crippen LogP contribution in [-0.2, 0) is 9.59 Å². The van der Waals surface area contributed by atoms with E-state index in [2.05, 4.69) is 22.7 Å². The predicted octanol–water partition coefficient (Wildman–Crippen LogP) is 1.04. The van der Waals surface area contributed by atoms with Crippen LogP contribution in [0.4, 0.5) is 0 Å². The first-order chi connectivity index (χ1) is 10.4. The topological polar surface area (TPSA) is 117 Å². The van der Waals surface area contributed by atoms with E-state index in [1.807, 2.05) is 0 Å². The molecule has 1 rings (SSSR count). The van der Waals surface area contributed by atoms with E-state index in [1.165, 1.54) is 13.3 Å². The van der Waals surface area contributed by atoms with Gasteiger partial charge in [-0.1, -0.05) is 6.92 Å². The summed E-state index contributed by atoms with van der Waals surface area (Å²) in [5.74, 6) is 4.71. The molecule has 3 atom stereocenters. The molecule has 22 heavy (non-hydrogen) atoms. The molecule has 0 aromatic rings. The molecule has 1 fully saturated rings. The highest BCUT2D eigenvalue weighted by Gasteiger charge is 2.45. The zero-order valence-corrected chi connectivity index (χ0v) is 13.5. The van der Waals surface area contributed by atoms with Gasteiger partial charge in [-0.05, 0) is 44.4 Å². The van der Waals surface area contributed by atoms with Crippen molar-refractivity contribution in [3.05, 3.63) is 0 Å². The molecule has 0 radical (unpaired) electrons. The zero-order valence-electron chi connectivity index (χ0n) is 13.5. The van der Waals surface area contributed by atoms with Crippen LogP contribution in [0, 0.1) is 11.3 Å². The standard InChI is InChI=1S/C15H28N4O3/c1-11(5-8-17-12(2)20)3-6-15(14(21)22)7-4-13(9-15)18-10-19-16/h10-11,13H,3-9,16H2,1-2H3,(H,17,20)(H,18,19)(H,21,22)/t11-,13?,15?/m1/s1. The number of hydrogen-bond acceptors (Lipinski definition) is 4. The summed E-state index contributed by atoms with van der Waals surface area (Å²) in [5.41, 5.74) is -0.650. The number of aliphatic carboxylic acids is 1. The molecule has 5 N–H and O–H groups in total. The first kappa shape index (κ1) is 18.3. The van der Waals surface area contributed by atoms with Crippen LogP contribution in [0.2, 0.25) is 0 Å². The van der Waals surface area contributed by atoms with Crippen LogP contribution in [0.15, 0.2) is 5.10 Å². The maximum absolute atomic E-state index is 11.7. The molecule has 0 aromatic carbocycles. The number of rotatable bonds is 9. The molecule has 1 amide bonds. The van der Waals surface area contributed by atoms with Gasteiger partial charge in [0.2, 0.25) is 5.91 Å². The minimum atomic E-state index is -0.712. The van der Waals surface area contributed by atoms with Crippen LogP contribution in [0.5, 0.6) is 0 Å². The average Bonchev–Trinajstić information content (AvgIpc) is 2.87. The smallest absolute Gasteiger partial charge is 0.309 e. The van der Waals surface area contributed by atoms with Crippen LogP contribution < -0.4 is 16.5 Å². The highest BCUT2D eigenvalue weighted by molar-refractivity contribution is 5.75. The fourth-order valence-electron chi connectivity index (χ4n) is 3.11. The molecule has 1 aliphatic carbocycles. The van der Waals surface area contributed by atoms with E-state index in [-0.39, 0.29) is 11.9 Å². The van der Waals surface area contributed by atoms with E-state index < -0.39 is 11.4 Å². The number of nitrogens with zero attached hydrogens (tertiary/aromatic N) is 1. The number of amides is 1. The molecule has 0 saturated heterocycles. The number of carboxylic acids is 1. The Morgan fingerprint density at radius 2 is 2.23 bits per heavy atom. The number of carbonyl (C=O) groups is 2. The molecule has 0 bridgehead atoms. The second kappa shape index (κ2) is 8.60. The molecule has 0 heterocycles. The molecule has 7 heteroatoms. The van der Waals surface area contributed by atoms with E-state index in [9.17, 15) is 14.7 Å². The van der Waals surface area contributed by atoms with E-state index in [0.717, 1.165) is 19.3 Å². The molecule has 7 nitrogen and oxygen atoms in total. The van der Waals surface area contributed by atoms with Crippen LogP contribution in [-0.4, -0.2) is 35.9 Å². The Bertz CT molecular complexity index is 414. The maximum atomic E-state index is 11.7. The highest BCUT2D eigenvalue weighted by Crippen LogP contribution is 2.43. The molecular formula is C15H28N4O3. The third kappa shape index (κ3) is 5.54. The van der Waals surface area contributed by atoms with Crippen molar-refractivity contribution < 1.29 is 14.7 Å². The number of nitrogens with one attached hydrogen (secondary N) is 2. The van der Waals surface area contributed by atoms with Crippen LogP contribution >= 0.6 is 0 Å². The Morgan fingerprint density at radius 1 is 1.50 bits per heavy atom. The minimum absolute atomic E-state index is 0.0273. The van der Waals surface area contributed by atoms with Crippen molar-refractivity contribution in [1.29, 1.82) is 0 Å². The summed E-state index contributed by atoms with van der Waals surface area (Å²) in [6, 6.07) is 0.123. The van der Waals surface area contributed by atoms with Crippen molar-refractivity contribution in [2.24, 2.45) is 22.3 Å². The van der Waals surface area contributed by atoms with E-state index in [0.29, 0.717) is 31.7 Å².